The molecule has 0 aromatic heterocycles. The topological polar surface area (TPSA) is 0 Å². The molecule has 0 aliphatic carbocycles. The second-order valence-corrected chi connectivity index (χ2v) is 4.59. The maximum Gasteiger partial charge on any atom is 0.0675 e. The summed E-state index contributed by atoms with van der Waals surface area (Å²) < 4.78 is 1.00. The standard InChI is InChI=1S/C9H10.C4H12N/c1-2-6-9-7-4-3-5-8-9;1-5(2,3)4/h2-8H,1H3;1-4H3/q;+1. The summed E-state index contributed by atoms with van der Waals surface area (Å²) in [5.74, 6) is 0. The van der Waals surface area contributed by atoms with Crippen LogP contribution in [-0.4, -0.2) is 32.7 Å². The molecule has 14 heavy (non-hydrogen) atoms. The predicted octanol–water partition coefficient (Wildman–Crippen LogP) is 3.04. The summed E-state index contributed by atoms with van der Waals surface area (Å²) in [7, 11) is 8.50. The minimum atomic E-state index is 1.00. The smallest absolute Gasteiger partial charge is 0.0675 e. The van der Waals surface area contributed by atoms with Gasteiger partial charge in [-0.2, -0.15) is 0 Å². The predicted molar refractivity (Wildman–Crippen MR) is 65.1 cm³/mol. The van der Waals surface area contributed by atoms with E-state index in [1.54, 1.807) is 0 Å². The Balaban J connectivity index is 0.000000292. The van der Waals surface area contributed by atoms with Crippen molar-refractivity contribution in [2.45, 2.75) is 6.92 Å². The van der Waals surface area contributed by atoms with Crippen LogP contribution in [0.3, 0.4) is 0 Å². The molecular weight excluding hydrogens is 170 g/mol. The molecule has 0 unspecified atom stereocenters. The van der Waals surface area contributed by atoms with E-state index in [-0.39, 0.29) is 0 Å². The van der Waals surface area contributed by atoms with E-state index in [1.807, 2.05) is 31.2 Å². The van der Waals surface area contributed by atoms with E-state index >= 15 is 0 Å². The van der Waals surface area contributed by atoms with E-state index in [2.05, 4.69) is 46.4 Å². The minimum Gasteiger partial charge on any atom is -0.333 e. The van der Waals surface area contributed by atoms with Crippen molar-refractivity contribution in [1.82, 2.24) is 0 Å². The number of hydrogen-bond acceptors (Lipinski definition) is 0. The molecule has 0 N–H and O–H groups in total. The molecule has 0 saturated heterocycles. The van der Waals surface area contributed by atoms with E-state index in [0.717, 1.165) is 4.48 Å². The lowest BCUT2D eigenvalue weighted by Crippen LogP contribution is -2.27. The first-order chi connectivity index (χ1) is 6.43. The van der Waals surface area contributed by atoms with Crippen LogP contribution >= 0.6 is 0 Å². The third-order valence-electron chi connectivity index (χ3n) is 1.16. The van der Waals surface area contributed by atoms with E-state index < -0.39 is 0 Å². The molecule has 0 radical (unpaired) electrons. The molecule has 0 bridgehead atoms. The van der Waals surface area contributed by atoms with Crippen LogP contribution in [0.25, 0.3) is 6.08 Å². The molecule has 0 heterocycles. The van der Waals surface area contributed by atoms with Gasteiger partial charge >= 0.3 is 0 Å². The molecule has 1 nitrogen and oxygen atoms in total. The number of quaternary nitrogens is 1. The van der Waals surface area contributed by atoms with Crippen molar-refractivity contribution < 1.29 is 4.48 Å². The van der Waals surface area contributed by atoms with Crippen molar-refractivity contribution in [3.63, 3.8) is 0 Å². The van der Waals surface area contributed by atoms with Gasteiger partial charge in [-0.15, -0.1) is 0 Å². The number of allylic oxidation sites excluding steroid dienone is 1. The average Bonchev–Trinajstić information content (AvgIpc) is 2.03. The van der Waals surface area contributed by atoms with Gasteiger partial charge in [-0.25, -0.2) is 0 Å². The number of benzene rings is 1. The van der Waals surface area contributed by atoms with Gasteiger partial charge in [0.15, 0.2) is 0 Å². The molecule has 0 spiro atoms. The summed E-state index contributed by atoms with van der Waals surface area (Å²) >= 11 is 0. The van der Waals surface area contributed by atoms with Gasteiger partial charge in [-0.3, -0.25) is 0 Å². The zero-order valence-electron chi connectivity index (χ0n) is 9.99. The molecule has 1 rings (SSSR count). The van der Waals surface area contributed by atoms with Gasteiger partial charge in [-0.1, -0.05) is 42.5 Å². The first-order valence-electron chi connectivity index (χ1n) is 4.90. The van der Waals surface area contributed by atoms with Gasteiger partial charge in [0.05, 0.1) is 28.2 Å². The molecule has 1 aromatic rings. The average molecular weight is 192 g/mol. The Hall–Kier alpha value is -1.08. The molecule has 78 valence electrons. The molecule has 0 atom stereocenters. The lowest BCUT2D eigenvalue weighted by atomic mass is 10.2. The Morgan fingerprint density at radius 2 is 1.36 bits per heavy atom. The fourth-order valence-corrected chi connectivity index (χ4v) is 0.757. The summed E-state index contributed by atoms with van der Waals surface area (Å²) in [6.07, 6.45) is 4.12. The zero-order valence-corrected chi connectivity index (χ0v) is 9.99. The normalized spacial score (nSPS) is 10.9. The first kappa shape index (κ1) is 12.9. The first-order valence-corrected chi connectivity index (χ1v) is 4.90. The lowest BCUT2D eigenvalue weighted by molar-refractivity contribution is -0.849. The van der Waals surface area contributed by atoms with Crippen LogP contribution in [0.15, 0.2) is 36.4 Å². The summed E-state index contributed by atoms with van der Waals surface area (Å²) in [5, 5.41) is 0. The quantitative estimate of drug-likeness (QED) is 0.600. The Kier molecular flexibility index (Phi) is 5.89. The van der Waals surface area contributed by atoms with Crippen molar-refractivity contribution in [2.75, 3.05) is 28.2 Å². The summed E-state index contributed by atoms with van der Waals surface area (Å²) in [6.45, 7) is 2.02. The minimum absolute atomic E-state index is 1.00. The SMILES string of the molecule is CC=Cc1ccccc1.C[N+](C)(C)C. The molecule has 0 aliphatic heterocycles. The third kappa shape index (κ3) is 10.9. The Labute approximate surface area is 88.3 Å². The van der Waals surface area contributed by atoms with Crippen molar-refractivity contribution in [3.8, 4) is 0 Å². The van der Waals surface area contributed by atoms with Crippen LogP contribution in [-0.2, 0) is 0 Å². The molecule has 0 fully saturated rings. The second-order valence-electron chi connectivity index (χ2n) is 4.59. The van der Waals surface area contributed by atoms with Crippen molar-refractivity contribution in [3.05, 3.63) is 42.0 Å². The Morgan fingerprint density at radius 3 is 1.71 bits per heavy atom. The van der Waals surface area contributed by atoms with E-state index in [4.69, 9.17) is 0 Å². The van der Waals surface area contributed by atoms with Gasteiger partial charge in [-0.05, 0) is 12.5 Å². The fourth-order valence-electron chi connectivity index (χ4n) is 0.757. The molecule has 1 aromatic carbocycles. The van der Waals surface area contributed by atoms with E-state index in [0.29, 0.717) is 0 Å². The molecule has 1 heteroatoms. The number of hydrogen-bond donors (Lipinski definition) is 0. The monoisotopic (exact) mass is 192 g/mol. The van der Waals surface area contributed by atoms with E-state index in [9.17, 15) is 0 Å². The number of nitrogens with zero attached hydrogens (tertiary/aromatic N) is 1. The molecular formula is C13H22N+. The van der Waals surface area contributed by atoms with Gasteiger partial charge in [0, 0.05) is 0 Å². The molecule has 0 saturated carbocycles. The van der Waals surface area contributed by atoms with Crippen molar-refractivity contribution in [1.29, 1.82) is 0 Å². The van der Waals surface area contributed by atoms with Crippen LogP contribution in [0.1, 0.15) is 12.5 Å². The van der Waals surface area contributed by atoms with Crippen LogP contribution in [0.2, 0.25) is 0 Å². The van der Waals surface area contributed by atoms with Crippen LogP contribution in [0.5, 0.6) is 0 Å². The zero-order chi connectivity index (χ0) is 11.0. The van der Waals surface area contributed by atoms with Gasteiger partial charge in [0.25, 0.3) is 0 Å². The fraction of sp³-hybridized carbons (Fsp3) is 0.385. The molecule has 0 amide bonds. The maximum atomic E-state index is 2.12. The molecule has 0 aliphatic rings. The summed E-state index contributed by atoms with van der Waals surface area (Å²) in [5.41, 5.74) is 1.26. The van der Waals surface area contributed by atoms with Crippen molar-refractivity contribution in [2.24, 2.45) is 0 Å². The van der Waals surface area contributed by atoms with Gasteiger partial charge in [0.2, 0.25) is 0 Å². The van der Waals surface area contributed by atoms with Crippen LogP contribution in [0, 0.1) is 0 Å². The van der Waals surface area contributed by atoms with Crippen LogP contribution < -0.4 is 0 Å². The highest BCUT2D eigenvalue weighted by molar-refractivity contribution is 5.47. The number of rotatable bonds is 1. The van der Waals surface area contributed by atoms with Gasteiger partial charge < -0.3 is 4.48 Å². The Morgan fingerprint density at radius 1 is 0.929 bits per heavy atom. The highest BCUT2D eigenvalue weighted by atomic mass is 15.2. The Bertz CT molecular complexity index is 248. The highest BCUT2D eigenvalue weighted by Crippen LogP contribution is 1.99. The largest absolute Gasteiger partial charge is 0.333 e. The van der Waals surface area contributed by atoms with Crippen LogP contribution in [0.4, 0.5) is 0 Å². The second kappa shape index (κ2) is 6.39. The van der Waals surface area contributed by atoms with Gasteiger partial charge in [0.1, 0.15) is 0 Å². The summed E-state index contributed by atoms with van der Waals surface area (Å²) in [4.78, 5) is 0. The highest BCUT2D eigenvalue weighted by Gasteiger charge is 1.88. The third-order valence-corrected chi connectivity index (χ3v) is 1.16. The lowest BCUT2D eigenvalue weighted by Gasteiger charge is -2.14. The maximum absolute atomic E-state index is 2.12. The van der Waals surface area contributed by atoms with E-state index in [1.165, 1.54) is 5.56 Å². The summed E-state index contributed by atoms with van der Waals surface area (Å²) in [6, 6.07) is 10.3. The van der Waals surface area contributed by atoms with Crippen molar-refractivity contribution >= 4 is 6.08 Å².